The molecule has 1 saturated carbocycles. The van der Waals surface area contributed by atoms with Gasteiger partial charge in [-0.3, -0.25) is 9.69 Å². The summed E-state index contributed by atoms with van der Waals surface area (Å²) in [5.74, 6) is -0.724. The van der Waals surface area contributed by atoms with Crippen LogP contribution in [0.25, 0.3) is 0 Å². The van der Waals surface area contributed by atoms with Gasteiger partial charge in [-0.05, 0) is 51.9 Å². The van der Waals surface area contributed by atoms with Crippen LogP contribution in [0.15, 0.2) is 0 Å². The van der Waals surface area contributed by atoms with Crippen molar-refractivity contribution in [1.29, 1.82) is 0 Å². The molecule has 0 radical (unpaired) electrons. The summed E-state index contributed by atoms with van der Waals surface area (Å²) in [7, 11) is 3.43. The molecular weight excluding hydrogens is 348 g/mol. The van der Waals surface area contributed by atoms with E-state index in [1.807, 2.05) is 6.92 Å². The lowest BCUT2D eigenvalue weighted by atomic mass is 9.87. The van der Waals surface area contributed by atoms with E-state index < -0.39 is 5.91 Å². The van der Waals surface area contributed by atoms with E-state index in [-0.39, 0.29) is 24.3 Å². The molecule has 7 nitrogen and oxygen atoms in total. The van der Waals surface area contributed by atoms with Crippen molar-refractivity contribution in [2.45, 2.75) is 76.7 Å². The van der Waals surface area contributed by atoms with Gasteiger partial charge in [0.1, 0.15) is 0 Å². The Labute approximate surface area is 163 Å². The monoisotopic (exact) mass is 384 g/mol. The first-order valence-corrected chi connectivity index (χ1v) is 10.6. The van der Waals surface area contributed by atoms with Gasteiger partial charge in [0.2, 0.25) is 5.91 Å². The Hall–Kier alpha value is -0.730. The predicted molar refractivity (Wildman–Crippen MR) is 101 cm³/mol. The molecule has 0 aromatic heterocycles. The van der Waals surface area contributed by atoms with E-state index >= 15 is 0 Å². The van der Waals surface area contributed by atoms with Crippen molar-refractivity contribution < 1.29 is 23.7 Å². The van der Waals surface area contributed by atoms with Gasteiger partial charge < -0.3 is 18.9 Å². The van der Waals surface area contributed by atoms with Gasteiger partial charge in [-0.2, -0.15) is 0 Å². The quantitative estimate of drug-likeness (QED) is 0.471. The van der Waals surface area contributed by atoms with Crippen LogP contribution in [0.1, 0.15) is 58.3 Å². The van der Waals surface area contributed by atoms with Crippen molar-refractivity contribution in [2.24, 2.45) is 5.92 Å². The van der Waals surface area contributed by atoms with Gasteiger partial charge in [-0.25, -0.2) is 4.90 Å². The fourth-order valence-electron chi connectivity index (χ4n) is 4.77. The predicted octanol–water partition coefficient (Wildman–Crippen LogP) is 2.55. The van der Waals surface area contributed by atoms with Crippen molar-refractivity contribution in [2.75, 3.05) is 40.5 Å². The van der Waals surface area contributed by atoms with Crippen molar-refractivity contribution in [3.05, 3.63) is 0 Å². The van der Waals surface area contributed by atoms with Crippen LogP contribution in [-0.2, 0) is 23.7 Å². The minimum atomic E-state index is -0.699. The number of hydrogen-bond acceptors (Lipinski definition) is 7. The van der Waals surface area contributed by atoms with Crippen LogP contribution in [0.3, 0.4) is 0 Å². The molecule has 1 aliphatic carbocycles. The molecule has 0 bridgehead atoms. The number of methoxy groups -OCH3 is 2. The van der Waals surface area contributed by atoms with Crippen LogP contribution in [0.4, 0.5) is 0 Å². The number of esters is 1. The highest BCUT2D eigenvalue weighted by atomic mass is 16.7. The lowest BCUT2D eigenvalue weighted by molar-refractivity contribution is -0.336. The maximum atomic E-state index is 12.0. The SMILES string of the molecule is CCOC(=O)C1CCC(OC(N2CCCC2)N2CCCC2(OC)OC)CC1. The molecule has 156 valence electrons. The highest BCUT2D eigenvalue weighted by molar-refractivity contribution is 5.72. The van der Waals surface area contributed by atoms with E-state index in [1.54, 1.807) is 14.2 Å². The first-order valence-electron chi connectivity index (χ1n) is 10.6. The van der Waals surface area contributed by atoms with Crippen molar-refractivity contribution in [3.8, 4) is 0 Å². The number of likely N-dealkylation sites (tertiary alicyclic amines) is 2. The summed E-state index contributed by atoms with van der Waals surface area (Å²) in [6.45, 7) is 5.31. The van der Waals surface area contributed by atoms with E-state index in [2.05, 4.69) is 9.80 Å². The third kappa shape index (κ3) is 4.65. The second-order valence-corrected chi connectivity index (χ2v) is 7.85. The van der Waals surface area contributed by atoms with E-state index in [4.69, 9.17) is 18.9 Å². The van der Waals surface area contributed by atoms with E-state index in [9.17, 15) is 4.79 Å². The van der Waals surface area contributed by atoms with Gasteiger partial charge in [0.15, 0.2) is 6.35 Å². The van der Waals surface area contributed by atoms with Gasteiger partial charge in [0.25, 0.3) is 0 Å². The first kappa shape index (κ1) is 21.0. The summed E-state index contributed by atoms with van der Waals surface area (Å²) in [6, 6.07) is 0. The number of carbonyl (C=O) groups is 1. The fourth-order valence-corrected chi connectivity index (χ4v) is 4.77. The zero-order valence-electron chi connectivity index (χ0n) is 17.2. The fraction of sp³-hybridized carbons (Fsp3) is 0.950. The smallest absolute Gasteiger partial charge is 0.308 e. The van der Waals surface area contributed by atoms with E-state index in [0.717, 1.165) is 58.2 Å². The molecule has 7 heteroatoms. The Morgan fingerprint density at radius 2 is 1.70 bits per heavy atom. The Morgan fingerprint density at radius 3 is 2.30 bits per heavy atom. The Balaban J connectivity index is 1.64. The number of nitrogens with zero attached hydrogens (tertiary/aromatic N) is 2. The number of rotatable bonds is 8. The molecular formula is C20H36N2O5. The highest BCUT2D eigenvalue weighted by Gasteiger charge is 2.48. The van der Waals surface area contributed by atoms with Gasteiger partial charge in [0.05, 0.1) is 18.6 Å². The van der Waals surface area contributed by atoms with Gasteiger partial charge in [-0.15, -0.1) is 0 Å². The maximum absolute atomic E-state index is 12.0. The van der Waals surface area contributed by atoms with Crippen LogP contribution < -0.4 is 0 Å². The summed E-state index contributed by atoms with van der Waals surface area (Å²) in [5.41, 5.74) is 0. The van der Waals surface area contributed by atoms with Gasteiger partial charge >= 0.3 is 5.97 Å². The molecule has 0 N–H and O–H groups in total. The molecule has 0 amide bonds. The molecule has 0 aromatic carbocycles. The molecule has 3 fully saturated rings. The van der Waals surface area contributed by atoms with Gasteiger partial charge in [0, 0.05) is 40.3 Å². The summed E-state index contributed by atoms with van der Waals surface area (Å²) in [5, 5.41) is 0. The largest absolute Gasteiger partial charge is 0.466 e. The molecule has 0 aromatic rings. The molecule has 2 saturated heterocycles. The zero-order valence-corrected chi connectivity index (χ0v) is 17.2. The molecule has 3 aliphatic rings. The molecule has 2 aliphatic heterocycles. The zero-order chi connectivity index (χ0) is 19.3. The van der Waals surface area contributed by atoms with Crippen LogP contribution >= 0.6 is 0 Å². The molecule has 0 spiro atoms. The topological polar surface area (TPSA) is 60.5 Å². The van der Waals surface area contributed by atoms with Crippen LogP contribution in [0.5, 0.6) is 0 Å². The summed E-state index contributed by atoms with van der Waals surface area (Å²) >= 11 is 0. The number of hydrogen-bond donors (Lipinski definition) is 0. The number of ether oxygens (including phenoxy) is 4. The van der Waals surface area contributed by atoms with Crippen LogP contribution in [-0.4, -0.2) is 74.6 Å². The third-order valence-electron chi connectivity index (χ3n) is 6.30. The van der Waals surface area contributed by atoms with Crippen molar-refractivity contribution in [3.63, 3.8) is 0 Å². The standard InChI is InChI=1S/C20H36N2O5/c1-4-26-18(23)16-8-10-17(11-9-16)27-19(21-13-5-6-14-21)22-15-7-12-20(22,24-2)25-3/h16-17,19H,4-15H2,1-3H3. The Kier molecular flexibility index (Phi) is 7.50. The first-order chi connectivity index (χ1) is 13.1. The minimum absolute atomic E-state index is 0.0267. The lowest BCUT2D eigenvalue weighted by Crippen LogP contribution is -2.59. The maximum Gasteiger partial charge on any atom is 0.308 e. The van der Waals surface area contributed by atoms with Crippen LogP contribution in [0.2, 0.25) is 0 Å². The molecule has 27 heavy (non-hydrogen) atoms. The lowest BCUT2D eigenvalue weighted by Gasteiger charge is -2.45. The van der Waals surface area contributed by atoms with E-state index in [0.29, 0.717) is 6.61 Å². The highest BCUT2D eigenvalue weighted by Crippen LogP contribution is 2.37. The molecule has 1 unspecified atom stereocenters. The summed E-state index contributed by atoms with van der Waals surface area (Å²) < 4.78 is 23.4. The summed E-state index contributed by atoms with van der Waals surface area (Å²) in [6.07, 6.45) is 7.81. The van der Waals surface area contributed by atoms with Crippen molar-refractivity contribution >= 4 is 5.97 Å². The summed E-state index contributed by atoms with van der Waals surface area (Å²) in [4.78, 5) is 16.7. The average Bonchev–Trinajstić information content (AvgIpc) is 3.37. The van der Waals surface area contributed by atoms with Crippen molar-refractivity contribution in [1.82, 2.24) is 9.80 Å². The molecule has 1 atom stereocenters. The van der Waals surface area contributed by atoms with Crippen LogP contribution in [0, 0.1) is 5.92 Å². The normalized spacial score (nSPS) is 30.5. The van der Waals surface area contributed by atoms with Gasteiger partial charge in [-0.1, -0.05) is 0 Å². The number of carbonyl (C=O) groups excluding carboxylic acids is 1. The Bertz CT molecular complexity index is 471. The average molecular weight is 385 g/mol. The second-order valence-electron chi connectivity index (χ2n) is 7.85. The second kappa shape index (κ2) is 9.65. The minimum Gasteiger partial charge on any atom is -0.466 e. The molecule has 3 rings (SSSR count). The third-order valence-corrected chi connectivity index (χ3v) is 6.30. The molecule has 2 heterocycles. The Morgan fingerprint density at radius 1 is 1.04 bits per heavy atom. The van der Waals surface area contributed by atoms with E-state index in [1.165, 1.54) is 12.8 Å².